The highest BCUT2D eigenvalue weighted by Gasteiger charge is 2.07. The van der Waals surface area contributed by atoms with Crippen LogP contribution in [0, 0.1) is 11.3 Å². The van der Waals surface area contributed by atoms with Gasteiger partial charge in [-0.3, -0.25) is 4.79 Å². The number of nitrogens with zero attached hydrogens (tertiary/aromatic N) is 2. The lowest BCUT2D eigenvalue weighted by Crippen LogP contribution is -2.30. The van der Waals surface area contributed by atoms with Crippen molar-refractivity contribution in [2.75, 3.05) is 13.2 Å². The first-order valence-electron chi connectivity index (χ1n) is 7.99. The first-order chi connectivity index (χ1) is 12.3. The fraction of sp³-hybridized carbons (Fsp3) is 0.211. The van der Waals surface area contributed by atoms with E-state index in [9.17, 15) is 4.79 Å². The summed E-state index contributed by atoms with van der Waals surface area (Å²) in [5.41, 5.74) is 1.45. The molecule has 0 aliphatic rings. The Kier molecular flexibility index (Phi) is 5.60. The zero-order chi connectivity index (χ0) is 17.5. The normalized spacial score (nSPS) is 10.4. The molecule has 1 amide bonds. The maximum Gasteiger partial charge on any atom is 0.257 e. The molecule has 3 aromatic rings. The van der Waals surface area contributed by atoms with Gasteiger partial charge in [0.15, 0.2) is 6.61 Å². The Labute approximate surface area is 149 Å². The number of nitrogens with one attached hydrogen (secondary N) is 1. The van der Waals surface area contributed by atoms with E-state index >= 15 is 0 Å². The SMILES string of the molecule is N#Cc1ccccc1OCC(=O)NCCCc1nc2ccccc2s1. The van der Waals surface area contributed by atoms with Crippen molar-refractivity contribution < 1.29 is 9.53 Å². The van der Waals surface area contributed by atoms with E-state index in [0.29, 0.717) is 17.9 Å². The Bertz CT molecular complexity index is 881. The van der Waals surface area contributed by atoms with Gasteiger partial charge in [-0.25, -0.2) is 4.98 Å². The van der Waals surface area contributed by atoms with Crippen LogP contribution in [0.15, 0.2) is 48.5 Å². The van der Waals surface area contributed by atoms with Gasteiger partial charge in [-0.15, -0.1) is 11.3 Å². The summed E-state index contributed by atoms with van der Waals surface area (Å²) in [4.78, 5) is 16.4. The van der Waals surface area contributed by atoms with Crippen molar-refractivity contribution in [1.82, 2.24) is 10.3 Å². The van der Waals surface area contributed by atoms with Crippen LogP contribution >= 0.6 is 11.3 Å². The van der Waals surface area contributed by atoms with E-state index in [2.05, 4.69) is 16.4 Å². The Morgan fingerprint density at radius 2 is 2.00 bits per heavy atom. The number of thiazole rings is 1. The minimum Gasteiger partial charge on any atom is -0.482 e. The van der Waals surface area contributed by atoms with E-state index in [1.165, 1.54) is 4.70 Å². The standard InChI is InChI=1S/C19H17N3O2S/c20-12-14-6-1-3-8-16(14)24-13-18(23)21-11-5-10-19-22-15-7-2-4-9-17(15)25-19/h1-4,6-9H,5,10-11,13H2,(H,21,23). The molecule has 6 heteroatoms. The van der Waals surface area contributed by atoms with Crippen LogP contribution in [0.4, 0.5) is 0 Å². The summed E-state index contributed by atoms with van der Waals surface area (Å²) in [5, 5.41) is 12.9. The van der Waals surface area contributed by atoms with Crippen LogP contribution in [0.1, 0.15) is 17.0 Å². The molecule has 3 rings (SSSR count). The zero-order valence-electron chi connectivity index (χ0n) is 13.6. The van der Waals surface area contributed by atoms with Crippen LogP contribution in [-0.4, -0.2) is 24.0 Å². The average Bonchev–Trinajstić information content (AvgIpc) is 3.06. The van der Waals surface area contributed by atoms with E-state index in [1.54, 1.807) is 35.6 Å². The number of hydrogen-bond acceptors (Lipinski definition) is 5. The molecule has 0 saturated carbocycles. The molecule has 0 spiro atoms. The molecule has 1 aromatic heterocycles. The molecular formula is C19H17N3O2S. The van der Waals surface area contributed by atoms with E-state index in [0.717, 1.165) is 23.4 Å². The number of carbonyl (C=O) groups is 1. The van der Waals surface area contributed by atoms with Gasteiger partial charge in [0.05, 0.1) is 20.8 Å². The number of fused-ring (bicyclic) bond motifs is 1. The molecule has 5 nitrogen and oxygen atoms in total. The molecule has 0 fully saturated rings. The highest BCUT2D eigenvalue weighted by Crippen LogP contribution is 2.22. The van der Waals surface area contributed by atoms with Gasteiger partial charge in [-0.2, -0.15) is 5.26 Å². The minimum absolute atomic E-state index is 0.0974. The molecule has 1 heterocycles. The molecule has 126 valence electrons. The molecule has 0 aliphatic heterocycles. The Balaban J connectivity index is 1.40. The fourth-order valence-electron chi connectivity index (χ4n) is 2.37. The lowest BCUT2D eigenvalue weighted by Gasteiger charge is -2.08. The number of aromatic nitrogens is 1. The van der Waals surface area contributed by atoms with Gasteiger partial charge in [0.1, 0.15) is 11.8 Å². The lowest BCUT2D eigenvalue weighted by atomic mass is 10.2. The summed E-state index contributed by atoms with van der Waals surface area (Å²) in [7, 11) is 0. The second kappa shape index (κ2) is 8.27. The number of carbonyl (C=O) groups excluding carboxylic acids is 1. The molecular weight excluding hydrogens is 334 g/mol. The van der Waals surface area contributed by atoms with Crippen molar-refractivity contribution in [1.29, 1.82) is 5.26 Å². The number of rotatable bonds is 7. The molecule has 0 aliphatic carbocycles. The van der Waals surface area contributed by atoms with Gasteiger partial charge in [-0.1, -0.05) is 24.3 Å². The largest absolute Gasteiger partial charge is 0.482 e. The Hall–Kier alpha value is -2.91. The van der Waals surface area contributed by atoms with Crippen LogP contribution in [0.25, 0.3) is 10.2 Å². The number of nitriles is 1. The van der Waals surface area contributed by atoms with Crippen LogP contribution in [0.3, 0.4) is 0 Å². The van der Waals surface area contributed by atoms with E-state index in [4.69, 9.17) is 10.00 Å². The minimum atomic E-state index is -0.197. The molecule has 0 atom stereocenters. The number of amides is 1. The molecule has 0 bridgehead atoms. The quantitative estimate of drug-likeness (QED) is 0.663. The van der Waals surface area contributed by atoms with Crippen LogP contribution in [0.2, 0.25) is 0 Å². The van der Waals surface area contributed by atoms with E-state index in [-0.39, 0.29) is 12.5 Å². The molecule has 2 aromatic carbocycles. The third kappa shape index (κ3) is 4.55. The van der Waals surface area contributed by atoms with Crippen LogP contribution in [-0.2, 0) is 11.2 Å². The van der Waals surface area contributed by atoms with Crippen LogP contribution in [0.5, 0.6) is 5.75 Å². The maximum atomic E-state index is 11.8. The van der Waals surface area contributed by atoms with Crippen molar-refractivity contribution in [3.63, 3.8) is 0 Å². The average molecular weight is 351 g/mol. The van der Waals surface area contributed by atoms with Gasteiger partial charge < -0.3 is 10.1 Å². The Morgan fingerprint density at radius 1 is 1.20 bits per heavy atom. The van der Waals surface area contributed by atoms with E-state index in [1.807, 2.05) is 24.3 Å². The van der Waals surface area contributed by atoms with Crippen molar-refractivity contribution in [3.8, 4) is 11.8 Å². The highest BCUT2D eigenvalue weighted by molar-refractivity contribution is 7.18. The van der Waals surface area contributed by atoms with Gasteiger partial charge >= 0.3 is 0 Å². The first-order valence-corrected chi connectivity index (χ1v) is 8.81. The Morgan fingerprint density at radius 3 is 2.84 bits per heavy atom. The first kappa shape index (κ1) is 16.9. The van der Waals surface area contributed by atoms with Crippen LogP contribution < -0.4 is 10.1 Å². The number of hydrogen-bond donors (Lipinski definition) is 1. The monoisotopic (exact) mass is 351 g/mol. The van der Waals surface area contributed by atoms with Gasteiger partial charge in [0.25, 0.3) is 5.91 Å². The number of ether oxygens (including phenoxy) is 1. The van der Waals surface area contributed by atoms with Gasteiger partial charge in [-0.05, 0) is 30.7 Å². The van der Waals surface area contributed by atoms with E-state index < -0.39 is 0 Å². The highest BCUT2D eigenvalue weighted by atomic mass is 32.1. The second-order valence-corrected chi connectivity index (χ2v) is 6.54. The number of benzene rings is 2. The third-order valence-corrected chi connectivity index (χ3v) is 4.69. The topological polar surface area (TPSA) is 75.0 Å². The molecule has 0 saturated heterocycles. The summed E-state index contributed by atoms with van der Waals surface area (Å²) in [6.07, 6.45) is 1.65. The molecule has 0 unspecified atom stereocenters. The second-order valence-electron chi connectivity index (χ2n) is 5.43. The van der Waals surface area contributed by atoms with Gasteiger partial charge in [0, 0.05) is 13.0 Å². The predicted molar refractivity (Wildman–Crippen MR) is 97.6 cm³/mol. The van der Waals surface area contributed by atoms with Crippen molar-refractivity contribution >= 4 is 27.5 Å². The number of para-hydroxylation sites is 2. The molecule has 1 N–H and O–H groups in total. The smallest absolute Gasteiger partial charge is 0.257 e. The third-order valence-electron chi connectivity index (χ3n) is 3.59. The summed E-state index contributed by atoms with van der Waals surface area (Å²) in [6.45, 7) is 0.470. The molecule has 25 heavy (non-hydrogen) atoms. The summed E-state index contributed by atoms with van der Waals surface area (Å²) >= 11 is 1.69. The lowest BCUT2D eigenvalue weighted by molar-refractivity contribution is -0.123. The van der Waals surface area contributed by atoms with Crippen molar-refractivity contribution in [2.45, 2.75) is 12.8 Å². The van der Waals surface area contributed by atoms with Gasteiger partial charge in [0.2, 0.25) is 0 Å². The molecule has 0 radical (unpaired) electrons. The number of aryl methyl sites for hydroxylation is 1. The fourth-order valence-corrected chi connectivity index (χ4v) is 3.38. The maximum absolute atomic E-state index is 11.8. The summed E-state index contributed by atoms with van der Waals surface area (Å²) < 4.78 is 6.59. The summed E-state index contributed by atoms with van der Waals surface area (Å²) in [6, 6.07) is 17.0. The van der Waals surface area contributed by atoms with Crippen molar-refractivity contribution in [2.24, 2.45) is 0 Å². The summed E-state index contributed by atoms with van der Waals surface area (Å²) in [5.74, 6) is 0.228. The zero-order valence-corrected chi connectivity index (χ0v) is 14.4. The predicted octanol–water partition coefficient (Wildman–Crippen LogP) is 3.30. The van der Waals surface area contributed by atoms with Crippen molar-refractivity contribution in [3.05, 3.63) is 59.1 Å².